The molecular weight excluding hydrogens is 356 g/mol. The molecule has 114 valence electrons. The van der Waals surface area contributed by atoms with E-state index in [1.807, 2.05) is 4.90 Å². The number of guanidine groups is 1. The summed E-state index contributed by atoms with van der Waals surface area (Å²) in [6.45, 7) is 4.21. The van der Waals surface area contributed by atoms with Gasteiger partial charge in [0.1, 0.15) is 0 Å². The van der Waals surface area contributed by atoms with Crippen LogP contribution in [0, 0.1) is 0 Å². The first-order valence-electron chi connectivity index (χ1n) is 6.87. The Morgan fingerprint density at radius 1 is 1.10 bits per heavy atom. The zero-order valence-corrected chi connectivity index (χ0v) is 13.9. The van der Waals surface area contributed by atoms with E-state index in [0.717, 1.165) is 30.7 Å². The molecule has 0 radical (unpaired) electrons. The Morgan fingerprint density at radius 3 is 2.43 bits per heavy atom. The van der Waals surface area contributed by atoms with Crippen molar-refractivity contribution in [2.45, 2.75) is 4.90 Å². The molecule has 0 unspecified atom stereocenters. The molecule has 0 aliphatic carbocycles. The van der Waals surface area contributed by atoms with Gasteiger partial charge in [0.25, 0.3) is 10.0 Å². The summed E-state index contributed by atoms with van der Waals surface area (Å²) < 4.78 is 27.9. The van der Waals surface area contributed by atoms with Gasteiger partial charge in [-0.1, -0.05) is 15.9 Å². The van der Waals surface area contributed by atoms with E-state index in [4.69, 9.17) is 0 Å². The topological polar surface area (TPSA) is 65.0 Å². The number of aliphatic imine (C=N–C) groups is 1. The van der Waals surface area contributed by atoms with Crippen molar-refractivity contribution in [3.8, 4) is 0 Å². The minimum Gasteiger partial charge on any atom is -0.339 e. The third kappa shape index (κ3) is 2.93. The van der Waals surface area contributed by atoms with Gasteiger partial charge < -0.3 is 10.2 Å². The summed E-state index contributed by atoms with van der Waals surface area (Å²) in [6.07, 6.45) is 0. The van der Waals surface area contributed by atoms with Crippen LogP contribution in [0.15, 0.2) is 38.6 Å². The van der Waals surface area contributed by atoms with Crippen molar-refractivity contribution in [3.63, 3.8) is 0 Å². The Kier molecular flexibility index (Phi) is 4.19. The van der Waals surface area contributed by atoms with E-state index in [2.05, 4.69) is 26.2 Å². The first-order chi connectivity index (χ1) is 10.1. The number of nitrogens with one attached hydrogen (secondary N) is 1. The summed E-state index contributed by atoms with van der Waals surface area (Å²) in [5.41, 5.74) is 0. The number of halogens is 1. The normalized spacial score (nSPS) is 19.8. The highest BCUT2D eigenvalue weighted by atomic mass is 79.9. The lowest BCUT2D eigenvalue weighted by molar-refractivity contribution is 0.334. The lowest BCUT2D eigenvalue weighted by Gasteiger charge is -2.33. The van der Waals surface area contributed by atoms with E-state index in [9.17, 15) is 8.42 Å². The highest BCUT2D eigenvalue weighted by molar-refractivity contribution is 9.10. The first-order valence-corrected chi connectivity index (χ1v) is 9.11. The molecule has 0 saturated carbocycles. The Labute approximate surface area is 133 Å². The van der Waals surface area contributed by atoms with Crippen molar-refractivity contribution in [1.82, 2.24) is 14.5 Å². The van der Waals surface area contributed by atoms with Gasteiger partial charge in [0, 0.05) is 30.7 Å². The molecule has 0 spiro atoms. The maximum absolute atomic E-state index is 12.8. The molecule has 0 atom stereocenters. The predicted octanol–water partition coefficient (Wildman–Crippen LogP) is 0.715. The zero-order chi connectivity index (χ0) is 14.9. The molecule has 1 N–H and O–H groups in total. The SMILES string of the molecule is O=S(=O)(c1ccc(Br)cc1)N1CCN=C1N1CCNCC1. The Bertz CT molecular complexity index is 639. The fourth-order valence-electron chi connectivity index (χ4n) is 2.50. The maximum Gasteiger partial charge on any atom is 0.266 e. The third-order valence-electron chi connectivity index (χ3n) is 3.58. The second-order valence-corrected chi connectivity index (χ2v) is 7.73. The van der Waals surface area contributed by atoms with Crippen LogP contribution >= 0.6 is 15.9 Å². The van der Waals surface area contributed by atoms with Crippen LogP contribution in [0.1, 0.15) is 0 Å². The van der Waals surface area contributed by atoms with Crippen LogP contribution in [0.2, 0.25) is 0 Å². The Morgan fingerprint density at radius 2 is 1.76 bits per heavy atom. The van der Waals surface area contributed by atoms with Crippen molar-refractivity contribution in [2.75, 3.05) is 39.3 Å². The van der Waals surface area contributed by atoms with Crippen molar-refractivity contribution in [3.05, 3.63) is 28.7 Å². The van der Waals surface area contributed by atoms with Crippen LogP contribution in [0.3, 0.4) is 0 Å². The van der Waals surface area contributed by atoms with Gasteiger partial charge in [-0.15, -0.1) is 0 Å². The summed E-state index contributed by atoms with van der Waals surface area (Å²) in [7, 11) is -3.53. The highest BCUT2D eigenvalue weighted by Gasteiger charge is 2.33. The van der Waals surface area contributed by atoms with Gasteiger partial charge >= 0.3 is 0 Å². The lowest BCUT2D eigenvalue weighted by Crippen LogP contribution is -2.52. The number of benzene rings is 1. The van der Waals surface area contributed by atoms with Gasteiger partial charge in [-0.05, 0) is 24.3 Å². The number of sulfonamides is 1. The van der Waals surface area contributed by atoms with Crippen molar-refractivity contribution in [1.29, 1.82) is 0 Å². The predicted molar refractivity (Wildman–Crippen MR) is 84.8 cm³/mol. The highest BCUT2D eigenvalue weighted by Crippen LogP contribution is 2.22. The molecule has 8 heteroatoms. The fourth-order valence-corrected chi connectivity index (χ4v) is 4.21. The maximum atomic E-state index is 12.8. The van der Waals surface area contributed by atoms with Crippen LogP contribution in [-0.4, -0.2) is 62.9 Å². The van der Waals surface area contributed by atoms with Crippen LogP contribution in [-0.2, 0) is 10.0 Å². The van der Waals surface area contributed by atoms with E-state index in [-0.39, 0.29) is 0 Å². The summed E-state index contributed by atoms with van der Waals surface area (Å²) >= 11 is 3.32. The molecule has 1 saturated heterocycles. The smallest absolute Gasteiger partial charge is 0.266 e. The van der Waals surface area contributed by atoms with Gasteiger partial charge in [0.2, 0.25) is 5.96 Å². The molecule has 0 amide bonds. The van der Waals surface area contributed by atoms with Gasteiger partial charge in [-0.3, -0.25) is 4.99 Å². The summed E-state index contributed by atoms with van der Waals surface area (Å²) in [4.78, 5) is 6.75. The zero-order valence-electron chi connectivity index (χ0n) is 11.5. The molecule has 0 aromatic heterocycles. The molecule has 0 bridgehead atoms. The first kappa shape index (κ1) is 14.8. The van der Waals surface area contributed by atoms with Crippen molar-refractivity contribution in [2.24, 2.45) is 4.99 Å². The quantitative estimate of drug-likeness (QED) is 0.830. The molecule has 2 aliphatic rings. The van der Waals surface area contributed by atoms with E-state index in [0.29, 0.717) is 23.9 Å². The summed E-state index contributed by atoms with van der Waals surface area (Å²) in [5.74, 6) is 0.583. The lowest BCUT2D eigenvalue weighted by atomic mass is 10.4. The van der Waals surface area contributed by atoms with Crippen LogP contribution < -0.4 is 5.32 Å². The van der Waals surface area contributed by atoms with Gasteiger partial charge in [-0.25, -0.2) is 12.7 Å². The van der Waals surface area contributed by atoms with Crippen LogP contribution in [0.25, 0.3) is 0 Å². The third-order valence-corrected chi connectivity index (χ3v) is 5.90. The monoisotopic (exact) mass is 372 g/mol. The average Bonchev–Trinajstić information content (AvgIpc) is 2.99. The minimum absolute atomic E-state index is 0.301. The number of hydrogen-bond acceptors (Lipinski definition) is 5. The molecule has 1 aromatic carbocycles. The molecule has 2 heterocycles. The number of nitrogens with zero attached hydrogens (tertiary/aromatic N) is 3. The minimum atomic E-state index is -3.53. The molecule has 6 nitrogen and oxygen atoms in total. The number of hydrogen-bond donors (Lipinski definition) is 1. The molecule has 1 aromatic rings. The second kappa shape index (κ2) is 5.94. The standard InChI is InChI=1S/C13H17BrN4O2S/c14-11-1-3-12(4-2-11)21(19,20)18-10-7-16-13(18)17-8-5-15-6-9-17/h1-4,15H,5-10H2. The molecule has 21 heavy (non-hydrogen) atoms. The summed E-state index contributed by atoms with van der Waals surface area (Å²) in [5, 5.41) is 3.26. The largest absolute Gasteiger partial charge is 0.339 e. The molecule has 1 fully saturated rings. The van der Waals surface area contributed by atoms with Gasteiger partial charge in [0.15, 0.2) is 0 Å². The van der Waals surface area contributed by atoms with Crippen LogP contribution in [0.4, 0.5) is 0 Å². The van der Waals surface area contributed by atoms with E-state index < -0.39 is 10.0 Å². The Balaban J connectivity index is 1.87. The Hall–Kier alpha value is -1.12. The molecule has 2 aliphatic heterocycles. The average molecular weight is 373 g/mol. The number of piperazine rings is 1. The second-order valence-electron chi connectivity index (χ2n) is 4.95. The van der Waals surface area contributed by atoms with Gasteiger partial charge in [-0.2, -0.15) is 0 Å². The van der Waals surface area contributed by atoms with E-state index in [1.54, 1.807) is 24.3 Å². The molecule has 3 rings (SSSR count). The van der Waals surface area contributed by atoms with E-state index in [1.165, 1.54) is 4.31 Å². The summed E-state index contributed by atoms with van der Waals surface area (Å²) in [6, 6.07) is 6.72. The van der Waals surface area contributed by atoms with Gasteiger partial charge in [0.05, 0.1) is 18.0 Å². The molecular formula is C13H17BrN4O2S. The number of rotatable bonds is 2. The van der Waals surface area contributed by atoms with Crippen LogP contribution in [0.5, 0.6) is 0 Å². The fraction of sp³-hybridized carbons (Fsp3) is 0.462. The van der Waals surface area contributed by atoms with Crippen molar-refractivity contribution >= 4 is 31.9 Å². The van der Waals surface area contributed by atoms with E-state index >= 15 is 0 Å². The van der Waals surface area contributed by atoms with Crippen molar-refractivity contribution < 1.29 is 8.42 Å².